The number of benzene rings is 2. The van der Waals surface area contributed by atoms with Crippen LogP contribution in [0.15, 0.2) is 71.3 Å². The average molecular weight is 484 g/mol. The molecule has 1 N–H and O–H groups in total. The Hall–Kier alpha value is -4.13. The Kier molecular flexibility index (Phi) is 6.46. The number of pyridine rings is 1. The first-order chi connectivity index (χ1) is 17.5. The molecule has 1 aliphatic carbocycles. The fourth-order valence-corrected chi connectivity index (χ4v) is 4.36. The van der Waals surface area contributed by atoms with E-state index in [9.17, 15) is 4.79 Å². The fourth-order valence-electron chi connectivity index (χ4n) is 4.36. The molecule has 0 radical (unpaired) electrons. The van der Waals surface area contributed by atoms with Crippen molar-refractivity contribution in [3.8, 4) is 28.3 Å². The first-order valence-electron chi connectivity index (χ1n) is 12.3. The maximum absolute atomic E-state index is 12.4. The highest BCUT2D eigenvalue weighted by Crippen LogP contribution is 2.49. The van der Waals surface area contributed by atoms with E-state index >= 15 is 0 Å². The molecule has 0 saturated heterocycles. The SMILES string of the molecule is CCOC(=O)C1(c2ccc(-c3ccc(-c4onc(C)c4Nc4cccc(OCC)n4)cc3)cc2)CC1. The van der Waals surface area contributed by atoms with Crippen LogP contribution >= 0.6 is 0 Å². The molecule has 0 aliphatic heterocycles. The number of rotatable bonds is 9. The highest BCUT2D eigenvalue weighted by atomic mass is 16.5. The van der Waals surface area contributed by atoms with Crippen molar-refractivity contribution < 1.29 is 18.8 Å². The zero-order chi connectivity index (χ0) is 25.1. The van der Waals surface area contributed by atoms with E-state index in [1.807, 2.05) is 63.2 Å². The molecule has 2 heterocycles. The third-order valence-electron chi connectivity index (χ3n) is 6.47. The van der Waals surface area contributed by atoms with Gasteiger partial charge in [-0.3, -0.25) is 4.79 Å². The van der Waals surface area contributed by atoms with Crippen LogP contribution in [0.4, 0.5) is 11.5 Å². The van der Waals surface area contributed by atoms with Gasteiger partial charge in [0, 0.05) is 11.6 Å². The van der Waals surface area contributed by atoms with Crippen LogP contribution in [0, 0.1) is 6.92 Å². The molecule has 4 aromatic rings. The summed E-state index contributed by atoms with van der Waals surface area (Å²) in [4.78, 5) is 16.9. The van der Waals surface area contributed by atoms with Crippen LogP contribution in [0.2, 0.25) is 0 Å². The van der Waals surface area contributed by atoms with Gasteiger partial charge in [0.05, 0.1) is 18.6 Å². The number of carbonyl (C=O) groups is 1. The Morgan fingerprint density at radius 3 is 2.25 bits per heavy atom. The van der Waals surface area contributed by atoms with Crippen LogP contribution in [0.5, 0.6) is 5.88 Å². The molecule has 0 amide bonds. The van der Waals surface area contributed by atoms with E-state index in [1.54, 1.807) is 0 Å². The van der Waals surface area contributed by atoms with E-state index in [0.29, 0.717) is 30.7 Å². The van der Waals surface area contributed by atoms with E-state index in [2.05, 4.69) is 39.7 Å². The summed E-state index contributed by atoms with van der Waals surface area (Å²) in [5.74, 6) is 1.74. The zero-order valence-corrected chi connectivity index (χ0v) is 20.7. The third kappa shape index (κ3) is 4.56. The van der Waals surface area contributed by atoms with E-state index in [4.69, 9.17) is 14.0 Å². The predicted octanol–water partition coefficient (Wildman–Crippen LogP) is 6.45. The molecule has 184 valence electrons. The number of hydrogen-bond acceptors (Lipinski definition) is 7. The molecule has 1 fully saturated rings. The van der Waals surface area contributed by atoms with Crippen LogP contribution < -0.4 is 10.1 Å². The van der Waals surface area contributed by atoms with E-state index in [1.165, 1.54) is 0 Å². The van der Waals surface area contributed by atoms with E-state index in [-0.39, 0.29) is 5.97 Å². The summed E-state index contributed by atoms with van der Waals surface area (Å²) in [5, 5.41) is 7.48. The van der Waals surface area contributed by atoms with Crippen LogP contribution in [0.25, 0.3) is 22.5 Å². The standard InChI is InChI=1S/C29H29N3O4/c1-4-34-25-8-6-7-24(30-25)31-26-19(3)32-36-27(26)22-11-9-20(10-12-22)21-13-15-23(16-14-21)29(17-18-29)28(33)35-5-2/h6-16H,4-5,17-18H2,1-3H3,(H,30,31). The highest BCUT2D eigenvalue weighted by molar-refractivity contribution is 5.87. The molecule has 7 heteroatoms. The number of ether oxygens (including phenoxy) is 2. The summed E-state index contributed by atoms with van der Waals surface area (Å²) in [6.07, 6.45) is 1.69. The fraction of sp³-hybridized carbons (Fsp3) is 0.276. The smallest absolute Gasteiger partial charge is 0.316 e. The summed E-state index contributed by atoms with van der Waals surface area (Å²) in [7, 11) is 0. The van der Waals surface area contributed by atoms with Crippen molar-refractivity contribution in [3.05, 3.63) is 78.0 Å². The molecule has 1 saturated carbocycles. The van der Waals surface area contributed by atoms with Crippen molar-refractivity contribution in [2.45, 2.75) is 39.0 Å². The minimum absolute atomic E-state index is 0.117. The second kappa shape index (κ2) is 9.85. The lowest BCUT2D eigenvalue weighted by Crippen LogP contribution is -2.23. The summed E-state index contributed by atoms with van der Waals surface area (Å²) < 4.78 is 16.5. The van der Waals surface area contributed by atoms with Crippen molar-refractivity contribution in [1.82, 2.24) is 10.1 Å². The molecule has 36 heavy (non-hydrogen) atoms. The maximum atomic E-state index is 12.4. The summed E-state index contributed by atoms with van der Waals surface area (Å²) >= 11 is 0. The van der Waals surface area contributed by atoms with Gasteiger partial charge < -0.3 is 19.3 Å². The van der Waals surface area contributed by atoms with Crippen molar-refractivity contribution >= 4 is 17.5 Å². The van der Waals surface area contributed by atoms with Gasteiger partial charge in [-0.2, -0.15) is 4.98 Å². The van der Waals surface area contributed by atoms with Gasteiger partial charge >= 0.3 is 5.97 Å². The van der Waals surface area contributed by atoms with Gasteiger partial charge in [0.1, 0.15) is 17.2 Å². The van der Waals surface area contributed by atoms with Gasteiger partial charge in [0.15, 0.2) is 5.76 Å². The largest absolute Gasteiger partial charge is 0.478 e. The molecule has 0 unspecified atom stereocenters. The Labute approximate surface area is 210 Å². The molecule has 0 spiro atoms. The van der Waals surface area contributed by atoms with E-state index in [0.717, 1.165) is 46.5 Å². The third-order valence-corrected chi connectivity index (χ3v) is 6.47. The Balaban J connectivity index is 1.35. The van der Waals surface area contributed by atoms with Crippen molar-refractivity contribution in [2.24, 2.45) is 0 Å². The molecule has 2 aromatic heterocycles. The second-order valence-corrected chi connectivity index (χ2v) is 8.85. The Morgan fingerprint density at radius 2 is 1.61 bits per heavy atom. The molecular weight excluding hydrogens is 454 g/mol. The molecule has 0 atom stereocenters. The molecule has 5 rings (SSSR count). The van der Waals surface area contributed by atoms with Crippen LogP contribution in [-0.4, -0.2) is 29.3 Å². The van der Waals surface area contributed by atoms with Crippen molar-refractivity contribution in [2.75, 3.05) is 18.5 Å². The van der Waals surface area contributed by atoms with Gasteiger partial charge in [-0.05, 0) is 56.4 Å². The van der Waals surface area contributed by atoms with Gasteiger partial charge in [-0.15, -0.1) is 0 Å². The number of anilines is 2. The van der Waals surface area contributed by atoms with E-state index < -0.39 is 5.41 Å². The van der Waals surface area contributed by atoms with Crippen molar-refractivity contribution in [3.63, 3.8) is 0 Å². The minimum Gasteiger partial charge on any atom is -0.478 e. The van der Waals surface area contributed by atoms with Crippen molar-refractivity contribution in [1.29, 1.82) is 0 Å². The number of carbonyl (C=O) groups excluding carboxylic acids is 1. The number of nitrogens with zero attached hydrogens (tertiary/aromatic N) is 2. The maximum Gasteiger partial charge on any atom is 0.316 e. The van der Waals surface area contributed by atoms with Gasteiger partial charge in [0.25, 0.3) is 0 Å². The normalized spacial score (nSPS) is 13.8. The number of aryl methyl sites for hydroxylation is 1. The second-order valence-electron chi connectivity index (χ2n) is 8.85. The first kappa shape index (κ1) is 23.6. The predicted molar refractivity (Wildman–Crippen MR) is 138 cm³/mol. The highest BCUT2D eigenvalue weighted by Gasteiger charge is 2.52. The van der Waals surface area contributed by atoms with Crippen LogP contribution in [-0.2, 0) is 14.9 Å². The summed E-state index contributed by atoms with van der Waals surface area (Å²) in [6.45, 7) is 6.62. The molecule has 1 aliphatic rings. The lowest BCUT2D eigenvalue weighted by Gasteiger charge is -2.14. The molecular formula is C29H29N3O4. The lowest BCUT2D eigenvalue weighted by atomic mass is 9.93. The average Bonchev–Trinajstić information content (AvgIpc) is 3.64. The number of hydrogen-bond donors (Lipinski definition) is 1. The number of esters is 1. The number of nitrogens with one attached hydrogen (secondary N) is 1. The number of aromatic nitrogens is 2. The summed E-state index contributed by atoms with van der Waals surface area (Å²) in [6, 6.07) is 21.9. The minimum atomic E-state index is -0.455. The van der Waals surface area contributed by atoms with Crippen LogP contribution in [0.3, 0.4) is 0 Å². The van der Waals surface area contributed by atoms with Crippen LogP contribution in [0.1, 0.15) is 37.9 Å². The lowest BCUT2D eigenvalue weighted by molar-refractivity contribution is -0.146. The first-order valence-corrected chi connectivity index (χ1v) is 12.3. The van der Waals surface area contributed by atoms with Gasteiger partial charge in [-0.1, -0.05) is 59.8 Å². The summed E-state index contributed by atoms with van der Waals surface area (Å²) in [5.41, 5.74) is 5.13. The monoisotopic (exact) mass is 483 g/mol. The quantitative estimate of drug-likeness (QED) is 0.274. The van der Waals surface area contributed by atoms with Gasteiger partial charge in [0.2, 0.25) is 5.88 Å². The topological polar surface area (TPSA) is 86.5 Å². The molecule has 0 bridgehead atoms. The van der Waals surface area contributed by atoms with Gasteiger partial charge in [-0.25, -0.2) is 0 Å². The molecule has 2 aromatic carbocycles. The Morgan fingerprint density at radius 1 is 0.944 bits per heavy atom. The zero-order valence-electron chi connectivity index (χ0n) is 20.7. The Bertz CT molecular complexity index is 1360. The molecule has 7 nitrogen and oxygen atoms in total.